The van der Waals surface area contributed by atoms with Crippen LogP contribution in [0.25, 0.3) is 10.8 Å². The van der Waals surface area contributed by atoms with Gasteiger partial charge >= 0.3 is 7.48 Å². The molecule has 0 radical (unpaired) electrons. The van der Waals surface area contributed by atoms with Gasteiger partial charge in [0.2, 0.25) is 5.91 Å². The molecule has 2 aromatic heterocycles. The smallest absolute Gasteiger partial charge is 0.333 e. The molecule has 8 heteroatoms. The van der Waals surface area contributed by atoms with Gasteiger partial charge in [-0.05, 0) is 29.9 Å². The molecule has 2 aromatic rings. The van der Waals surface area contributed by atoms with Crippen LogP contribution in [-0.4, -0.2) is 37.0 Å². The van der Waals surface area contributed by atoms with E-state index in [1.165, 1.54) is 0 Å². The zero-order valence-corrected chi connectivity index (χ0v) is 12.8. The van der Waals surface area contributed by atoms with Crippen LogP contribution in [0.5, 0.6) is 0 Å². The molecule has 0 bridgehead atoms. The third-order valence-electron chi connectivity index (χ3n) is 4.30. The van der Waals surface area contributed by atoms with Crippen molar-refractivity contribution in [2.45, 2.75) is 18.7 Å². The number of hydrogen-bond acceptors (Lipinski definition) is 6. The van der Waals surface area contributed by atoms with Crippen molar-refractivity contribution in [3.05, 3.63) is 24.0 Å². The lowest BCUT2D eigenvalue weighted by molar-refractivity contribution is -0.183. The van der Waals surface area contributed by atoms with Gasteiger partial charge in [0, 0.05) is 36.6 Å². The average molecular weight is 312 g/mol. The molecule has 1 saturated carbocycles. The summed E-state index contributed by atoms with van der Waals surface area (Å²) in [5.41, 5.74) is 1.04. The predicted octanol–water partition coefficient (Wildman–Crippen LogP) is 1.37. The largest absolute Gasteiger partial charge is 0.373 e. The molecule has 2 fully saturated rings. The van der Waals surface area contributed by atoms with Crippen molar-refractivity contribution < 1.29 is 14.5 Å². The minimum Gasteiger partial charge on any atom is -0.373 e. The molecule has 2 N–H and O–H groups in total. The van der Waals surface area contributed by atoms with Gasteiger partial charge in [-0.25, -0.2) is 9.97 Å². The van der Waals surface area contributed by atoms with Crippen molar-refractivity contribution in [3.8, 4) is 0 Å². The summed E-state index contributed by atoms with van der Waals surface area (Å²) in [6, 6.07) is 1.91. The summed E-state index contributed by atoms with van der Waals surface area (Å²) in [6.45, 7) is 0.502. The first-order chi connectivity index (χ1) is 11.3. The quantitative estimate of drug-likeness (QED) is 0.655. The molecule has 1 aliphatic heterocycles. The van der Waals surface area contributed by atoms with E-state index in [4.69, 9.17) is 9.69 Å². The molecular formula is C15H17BN4O3. The number of carbonyl (C=O) groups excluding carboxylic acids is 1. The molecule has 2 aliphatic rings. The van der Waals surface area contributed by atoms with Crippen LogP contribution in [0.4, 0.5) is 11.6 Å². The topological polar surface area (TPSA) is 85.4 Å². The van der Waals surface area contributed by atoms with Crippen LogP contribution in [0.3, 0.4) is 0 Å². The van der Waals surface area contributed by atoms with Crippen molar-refractivity contribution in [2.75, 3.05) is 24.3 Å². The van der Waals surface area contributed by atoms with Crippen LogP contribution in [0.15, 0.2) is 18.5 Å². The SMILES string of the molecule is CNc1ncc(C2BOOC2)c2cc(NC(=O)C3CC3)ncc12. The van der Waals surface area contributed by atoms with E-state index in [9.17, 15) is 4.79 Å². The summed E-state index contributed by atoms with van der Waals surface area (Å²) < 4.78 is 0. The highest BCUT2D eigenvalue weighted by atomic mass is 17.2. The number of fused-ring (bicyclic) bond motifs is 1. The molecule has 1 saturated heterocycles. The third-order valence-corrected chi connectivity index (χ3v) is 4.30. The summed E-state index contributed by atoms with van der Waals surface area (Å²) in [6.07, 6.45) is 5.52. The van der Waals surface area contributed by atoms with Gasteiger partial charge in [-0.15, -0.1) is 0 Å². The fourth-order valence-electron chi connectivity index (χ4n) is 2.81. The molecule has 23 heavy (non-hydrogen) atoms. The van der Waals surface area contributed by atoms with E-state index in [1.807, 2.05) is 19.3 Å². The fraction of sp³-hybridized carbons (Fsp3) is 0.400. The Labute approximate surface area is 134 Å². The molecule has 0 spiro atoms. The maximum Gasteiger partial charge on any atom is 0.333 e. The number of nitrogens with one attached hydrogen (secondary N) is 2. The normalized spacial score (nSPS) is 20.3. The van der Waals surface area contributed by atoms with E-state index in [0.717, 1.165) is 35.0 Å². The first-order valence-electron chi connectivity index (χ1n) is 7.78. The number of hydrogen-bond donors (Lipinski definition) is 2. The van der Waals surface area contributed by atoms with Gasteiger partial charge in [0.05, 0.1) is 6.61 Å². The van der Waals surface area contributed by atoms with Gasteiger partial charge in [0.15, 0.2) is 0 Å². The molecule has 1 amide bonds. The zero-order chi connectivity index (χ0) is 15.8. The van der Waals surface area contributed by atoms with Gasteiger partial charge in [0.1, 0.15) is 11.6 Å². The number of pyridine rings is 2. The number of amides is 1. The Hall–Kier alpha value is -2.19. The molecule has 4 rings (SSSR count). The number of anilines is 2. The maximum atomic E-state index is 12.0. The van der Waals surface area contributed by atoms with E-state index in [2.05, 4.69) is 20.6 Å². The summed E-state index contributed by atoms with van der Waals surface area (Å²) in [4.78, 5) is 30.8. The lowest BCUT2D eigenvalue weighted by Gasteiger charge is -2.13. The molecule has 118 valence electrons. The molecule has 1 unspecified atom stereocenters. The van der Waals surface area contributed by atoms with Crippen molar-refractivity contribution in [1.29, 1.82) is 0 Å². The van der Waals surface area contributed by atoms with Gasteiger partial charge < -0.3 is 15.4 Å². The first-order valence-corrected chi connectivity index (χ1v) is 7.78. The Morgan fingerprint density at radius 2 is 2.17 bits per heavy atom. The first kappa shape index (κ1) is 14.4. The number of nitrogens with zero attached hydrogens (tertiary/aromatic N) is 2. The monoisotopic (exact) mass is 312 g/mol. The minimum atomic E-state index is 0.0498. The molecule has 1 atom stereocenters. The summed E-state index contributed by atoms with van der Waals surface area (Å²) >= 11 is 0. The Balaban J connectivity index is 1.76. The summed E-state index contributed by atoms with van der Waals surface area (Å²) in [5.74, 6) is 1.66. The van der Waals surface area contributed by atoms with E-state index >= 15 is 0 Å². The van der Waals surface area contributed by atoms with Crippen LogP contribution in [-0.2, 0) is 14.5 Å². The van der Waals surface area contributed by atoms with Gasteiger partial charge in [-0.2, -0.15) is 0 Å². The van der Waals surface area contributed by atoms with Crippen LogP contribution < -0.4 is 10.6 Å². The van der Waals surface area contributed by atoms with E-state index in [0.29, 0.717) is 19.9 Å². The van der Waals surface area contributed by atoms with Crippen molar-refractivity contribution >= 4 is 35.8 Å². The van der Waals surface area contributed by atoms with Crippen LogP contribution in [0, 0.1) is 5.92 Å². The Morgan fingerprint density at radius 3 is 2.87 bits per heavy atom. The van der Waals surface area contributed by atoms with Crippen molar-refractivity contribution in [1.82, 2.24) is 9.97 Å². The van der Waals surface area contributed by atoms with Gasteiger partial charge in [-0.1, -0.05) is 0 Å². The van der Waals surface area contributed by atoms with E-state index < -0.39 is 0 Å². The highest BCUT2D eigenvalue weighted by molar-refractivity contribution is 6.31. The number of rotatable bonds is 4. The average Bonchev–Trinajstić information content (AvgIpc) is 3.29. The molecule has 3 heterocycles. The predicted molar refractivity (Wildman–Crippen MR) is 87.4 cm³/mol. The Morgan fingerprint density at radius 1 is 1.30 bits per heavy atom. The second kappa shape index (κ2) is 5.79. The second-order valence-electron chi connectivity index (χ2n) is 5.96. The maximum absolute atomic E-state index is 12.0. The van der Waals surface area contributed by atoms with Crippen LogP contribution in [0.2, 0.25) is 0 Å². The van der Waals surface area contributed by atoms with Crippen LogP contribution >= 0.6 is 0 Å². The Kier molecular flexibility index (Phi) is 3.63. The Bertz CT molecular complexity index is 760. The van der Waals surface area contributed by atoms with Crippen molar-refractivity contribution in [3.63, 3.8) is 0 Å². The molecule has 1 aliphatic carbocycles. The standard InChI is InChI=1S/C15H17BN4O3/c1-17-14-11-6-18-13(20-15(21)8-2-3-8)4-9(11)10(5-19-14)12-7-22-23-16-12/h4-6,8,12,16H,2-3,7H2,1H3,(H,17,19)(H,18,20,21). The highest BCUT2D eigenvalue weighted by Crippen LogP contribution is 2.33. The fourth-order valence-corrected chi connectivity index (χ4v) is 2.81. The third kappa shape index (κ3) is 2.75. The summed E-state index contributed by atoms with van der Waals surface area (Å²) in [7, 11) is 2.33. The van der Waals surface area contributed by atoms with Crippen molar-refractivity contribution in [2.24, 2.45) is 5.92 Å². The molecule has 7 nitrogen and oxygen atoms in total. The molecule has 0 aromatic carbocycles. The molecular weight excluding hydrogens is 295 g/mol. The lowest BCUT2D eigenvalue weighted by Crippen LogP contribution is -2.14. The van der Waals surface area contributed by atoms with E-state index in [1.54, 1.807) is 6.20 Å². The lowest BCUT2D eigenvalue weighted by atomic mass is 9.76. The zero-order valence-electron chi connectivity index (χ0n) is 12.8. The minimum absolute atomic E-state index is 0.0498. The van der Waals surface area contributed by atoms with Gasteiger partial charge in [-0.3, -0.25) is 9.68 Å². The van der Waals surface area contributed by atoms with Crippen LogP contribution in [0.1, 0.15) is 24.2 Å². The number of carbonyl (C=O) groups is 1. The second-order valence-corrected chi connectivity index (χ2v) is 5.96. The van der Waals surface area contributed by atoms with E-state index in [-0.39, 0.29) is 17.6 Å². The van der Waals surface area contributed by atoms with Gasteiger partial charge in [0.25, 0.3) is 0 Å². The highest BCUT2D eigenvalue weighted by Gasteiger charge is 2.30. The summed E-state index contributed by atoms with van der Waals surface area (Å²) in [5, 5.41) is 7.90. The number of aromatic nitrogens is 2.